The molecule has 0 saturated carbocycles. The van der Waals surface area contributed by atoms with Crippen LogP contribution in [0.3, 0.4) is 0 Å². The minimum absolute atomic E-state index is 0.0852. The summed E-state index contributed by atoms with van der Waals surface area (Å²) < 4.78 is 65.8. The molecular weight excluding hydrogens is 430 g/mol. The maximum atomic E-state index is 13.2. The van der Waals surface area contributed by atoms with Gasteiger partial charge in [0.2, 0.25) is 0 Å². The molecule has 0 aliphatic carbocycles. The van der Waals surface area contributed by atoms with E-state index < -0.39 is 36.7 Å². The topological polar surface area (TPSA) is 120 Å². The van der Waals surface area contributed by atoms with Crippen molar-refractivity contribution in [2.75, 3.05) is 6.61 Å². The van der Waals surface area contributed by atoms with Gasteiger partial charge in [0.15, 0.2) is 5.69 Å². The highest BCUT2D eigenvalue weighted by molar-refractivity contribution is 7.90. The number of aromatic nitrogens is 1. The maximum Gasteiger partial charge on any atom is 0.357 e. The van der Waals surface area contributed by atoms with Gasteiger partial charge in [0, 0.05) is 10.4 Å². The average molecular weight is 444 g/mol. The van der Waals surface area contributed by atoms with Gasteiger partial charge in [-0.2, -0.15) is 8.42 Å². The van der Waals surface area contributed by atoms with Gasteiger partial charge < -0.3 is 4.74 Å². The van der Waals surface area contributed by atoms with Crippen LogP contribution in [0.2, 0.25) is 5.02 Å². The van der Waals surface area contributed by atoms with Crippen molar-refractivity contribution in [2.45, 2.75) is 16.7 Å². The van der Waals surface area contributed by atoms with Gasteiger partial charge in [-0.3, -0.25) is 4.55 Å². The van der Waals surface area contributed by atoms with Crippen LogP contribution in [0.15, 0.2) is 58.3 Å². The number of benzene rings is 2. The molecule has 0 unspecified atom stereocenters. The van der Waals surface area contributed by atoms with E-state index >= 15 is 0 Å². The van der Waals surface area contributed by atoms with E-state index in [9.17, 15) is 26.2 Å². The molecule has 0 fully saturated rings. The first kappa shape index (κ1) is 20.3. The highest BCUT2D eigenvalue weighted by Crippen LogP contribution is 2.35. The highest BCUT2D eigenvalue weighted by atomic mass is 35.5. The molecule has 0 bridgehead atoms. The lowest BCUT2D eigenvalue weighted by molar-refractivity contribution is 0.0513. The second-order valence-electron chi connectivity index (χ2n) is 5.62. The molecule has 0 amide bonds. The first-order valence-electron chi connectivity index (χ1n) is 7.88. The first-order chi connectivity index (χ1) is 13.1. The zero-order valence-corrected chi connectivity index (χ0v) is 16.8. The number of hydrogen-bond donors (Lipinski definition) is 1. The number of carbonyl (C=O) groups is 1. The highest BCUT2D eigenvalue weighted by Gasteiger charge is 2.36. The summed E-state index contributed by atoms with van der Waals surface area (Å²) in [6.07, 6.45) is 0. The Morgan fingerprint density at radius 3 is 2.32 bits per heavy atom. The number of nitrogens with zero attached hydrogens (tertiary/aromatic N) is 1. The van der Waals surface area contributed by atoms with Crippen molar-refractivity contribution in [1.82, 2.24) is 3.97 Å². The van der Waals surface area contributed by atoms with E-state index in [4.69, 9.17) is 16.3 Å². The fraction of sp³-hybridized carbons (Fsp3) is 0.118. The Balaban J connectivity index is 2.56. The molecule has 11 heteroatoms. The Hall–Kier alpha value is -2.40. The molecule has 28 heavy (non-hydrogen) atoms. The first-order valence-corrected chi connectivity index (χ1v) is 11.1. The van der Waals surface area contributed by atoms with Crippen molar-refractivity contribution >= 4 is 48.6 Å². The minimum atomic E-state index is -5.01. The van der Waals surface area contributed by atoms with Crippen LogP contribution < -0.4 is 0 Å². The van der Waals surface area contributed by atoms with Crippen molar-refractivity contribution < 1.29 is 30.9 Å². The summed E-state index contributed by atoms with van der Waals surface area (Å²) in [5.74, 6) is -1.22. The van der Waals surface area contributed by atoms with Gasteiger partial charge in [0.05, 0.1) is 17.0 Å². The number of halogens is 1. The molecule has 0 saturated heterocycles. The van der Waals surface area contributed by atoms with E-state index in [1.807, 2.05) is 0 Å². The maximum absolute atomic E-state index is 13.2. The Morgan fingerprint density at radius 2 is 1.75 bits per heavy atom. The minimum Gasteiger partial charge on any atom is -0.461 e. The second kappa shape index (κ2) is 7.21. The third kappa shape index (κ3) is 3.39. The number of fused-ring (bicyclic) bond motifs is 1. The van der Waals surface area contributed by atoms with Gasteiger partial charge >= 0.3 is 5.97 Å². The smallest absolute Gasteiger partial charge is 0.357 e. The molecule has 148 valence electrons. The Kier molecular flexibility index (Phi) is 5.24. The number of carbonyl (C=O) groups excluding carboxylic acids is 1. The van der Waals surface area contributed by atoms with E-state index in [0.717, 1.165) is 6.07 Å². The molecule has 0 aliphatic rings. The second-order valence-corrected chi connectivity index (χ2v) is 9.20. The van der Waals surface area contributed by atoms with E-state index in [0.29, 0.717) is 3.97 Å². The standard InChI is InChI=1S/C17H14ClNO7S2/c1-2-26-17(20)15-16(28(23,24)25)13-10-11(18)8-9-14(13)19(15)27(21,22)12-6-4-3-5-7-12/h3-10H,2H2,1H3,(H,23,24,25). The normalized spacial score (nSPS) is 12.2. The third-order valence-electron chi connectivity index (χ3n) is 3.85. The fourth-order valence-corrected chi connectivity index (χ4v) is 5.42. The lowest BCUT2D eigenvalue weighted by atomic mass is 10.2. The van der Waals surface area contributed by atoms with Crippen LogP contribution in [0.5, 0.6) is 0 Å². The quantitative estimate of drug-likeness (QED) is 0.475. The van der Waals surface area contributed by atoms with Gasteiger partial charge in [-0.25, -0.2) is 17.2 Å². The van der Waals surface area contributed by atoms with Crippen molar-refractivity contribution in [1.29, 1.82) is 0 Å². The fourth-order valence-electron chi connectivity index (χ4n) is 2.79. The monoisotopic (exact) mass is 443 g/mol. The summed E-state index contributed by atoms with van der Waals surface area (Å²) >= 11 is 5.92. The molecule has 0 spiro atoms. The van der Waals surface area contributed by atoms with Crippen LogP contribution in [0.1, 0.15) is 17.4 Å². The molecule has 1 heterocycles. The lowest BCUT2D eigenvalue weighted by Crippen LogP contribution is -2.21. The van der Waals surface area contributed by atoms with Crippen LogP contribution >= 0.6 is 11.6 Å². The average Bonchev–Trinajstić information content (AvgIpc) is 2.98. The Morgan fingerprint density at radius 1 is 1.11 bits per heavy atom. The Labute approximate surface area is 166 Å². The number of rotatable bonds is 5. The number of esters is 1. The molecule has 1 aromatic heterocycles. The summed E-state index contributed by atoms with van der Waals surface area (Å²) in [7, 11) is -9.42. The van der Waals surface area contributed by atoms with E-state index in [-0.39, 0.29) is 27.4 Å². The number of ether oxygens (including phenoxy) is 1. The summed E-state index contributed by atoms with van der Waals surface area (Å²) in [5.41, 5.74) is -0.977. The molecule has 0 atom stereocenters. The molecule has 0 radical (unpaired) electrons. The van der Waals surface area contributed by atoms with Crippen molar-refractivity contribution in [2.24, 2.45) is 0 Å². The van der Waals surface area contributed by atoms with E-state index in [1.165, 1.54) is 43.3 Å². The summed E-state index contributed by atoms with van der Waals surface area (Å²) in [4.78, 5) is 11.5. The third-order valence-corrected chi connectivity index (χ3v) is 6.74. The zero-order chi connectivity index (χ0) is 20.7. The molecule has 0 aliphatic heterocycles. The van der Waals surface area contributed by atoms with Crippen molar-refractivity contribution in [3.05, 3.63) is 59.2 Å². The predicted molar refractivity (Wildman–Crippen MR) is 102 cm³/mol. The van der Waals surface area contributed by atoms with Crippen LogP contribution in [0.25, 0.3) is 10.9 Å². The molecule has 8 nitrogen and oxygen atoms in total. The SMILES string of the molecule is CCOC(=O)c1c(S(=O)(=O)O)c2cc(Cl)ccc2n1S(=O)(=O)c1ccccc1. The van der Waals surface area contributed by atoms with Crippen LogP contribution in [-0.4, -0.2) is 37.9 Å². The molecule has 3 aromatic rings. The van der Waals surface area contributed by atoms with Crippen LogP contribution in [0.4, 0.5) is 0 Å². The van der Waals surface area contributed by atoms with Gasteiger partial charge in [0.1, 0.15) is 4.90 Å². The van der Waals surface area contributed by atoms with E-state index in [2.05, 4.69) is 0 Å². The number of hydrogen-bond acceptors (Lipinski definition) is 6. The van der Waals surface area contributed by atoms with Crippen LogP contribution in [-0.2, 0) is 24.9 Å². The lowest BCUT2D eigenvalue weighted by Gasteiger charge is -2.12. The zero-order valence-electron chi connectivity index (χ0n) is 14.4. The molecule has 3 rings (SSSR count). The Bertz CT molecular complexity index is 1280. The predicted octanol–water partition coefficient (Wildman–Crippen LogP) is 2.96. The van der Waals surface area contributed by atoms with Gasteiger partial charge in [0.25, 0.3) is 20.1 Å². The summed E-state index contributed by atoms with van der Waals surface area (Å²) in [6, 6.07) is 10.9. The van der Waals surface area contributed by atoms with Crippen molar-refractivity contribution in [3.8, 4) is 0 Å². The van der Waals surface area contributed by atoms with Gasteiger partial charge in [-0.15, -0.1) is 0 Å². The molecule has 1 N–H and O–H groups in total. The van der Waals surface area contributed by atoms with Crippen LogP contribution in [0, 0.1) is 0 Å². The summed E-state index contributed by atoms with van der Waals surface area (Å²) in [6.45, 7) is 1.33. The molecular formula is C17H14ClNO7S2. The molecule has 2 aromatic carbocycles. The van der Waals surface area contributed by atoms with Crippen molar-refractivity contribution in [3.63, 3.8) is 0 Å². The van der Waals surface area contributed by atoms with Gasteiger partial charge in [-0.05, 0) is 37.3 Å². The van der Waals surface area contributed by atoms with E-state index in [1.54, 1.807) is 6.07 Å². The van der Waals surface area contributed by atoms with Gasteiger partial charge in [-0.1, -0.05) is 29.8 Å². The largest absolute Gasteiger partial charge is 0.461 e. The summed E-state index contributed by atoms with van der Waals surface area (Å²) in [5, 5.41) is -0.139.